The van der Waals surface area contributed by atoms with E-state index in [9.17, 15) is 8.42 Å². The molecule has 0 aliphatic heterocycles. The van der Waals surface area contributed by atoms with E-state index in [4.69, 9.17) is 4.74 Å². The number of rotatable bonds is 5. The van der Waals surface area contributed by atoms with Crippen molar-refractivity contribution in [1.29, 1.82) is 0 Å². The Balaban J connectivity index is 2.17. The number of methoxy groups -OCH3 is 1. The first kappa shape index (κ1) is 15.5. The predicted octanol–water partition coefficient (Wildman–Crippen LogP) is 3.24. The van der Waals surface area contributed by atoms with Crippen LogP contribution in [0.25, 0.3) is 0 Å². The van der Waals surface area contributed by atoms with Gasteiger partial charge in [0.1, 0.15) is 10.6 Å². The van der Waals surface area contributed by atoms with Crippen molar-refractivity contribution in [2.45, 2.75) is 30.6 Å². The first-order chi connectivity index (χ1) is 9.53. The van der Waals surface area contributed by atoms with Crippen molar-refractivity contribution in [2.75, 3.05) is 13.7 Å². The van der Waals surface area contributed by atoms with Crippen molar-refractivity contribution in [1.82, 2.24) is 4.72 Å². The molecule has 0 saturated heterocycles. The van der Waals surface area contributed by atoms with Gasteiger partial charge in [0.25, 0.3) is 0 Å². The second-order valence-electron chi connectivity index (χ2n) is 4.73. The smallest absolute Gasteiger partial charge is 0.244 e. The number of nitrogens with one attached hydrogen (secondary N) is 1. The molecule has 2 rings (SSSR count). The summed E-state index contributed by atoms with van der Waals surface area (Å²) in [4.78, 5) is 0.158. The number of sulfonamides is 1. The lowest BCUT2D eigenvalue weighted by Crippen LogP contribution is -2.26. The Hall–Kier alpha value is -0.850. The molecule has 0 atom stereocenters. The second kappa shape index (κ2) is 6.74. The molecule has 0 radical (unpaired) electrons. The molecule has 1 N–H and O–H groups in total. The molecular weight excluding hydrogens is 342 g/mol. The van der Waals surface area contributed by atoms with Gasteiger partial charge in [-0.3, -0.25) is 0 Å². The molecule has 6 heteroatoms. The minimum atomic E-state index is -3.57. The van der Waals surface area contributed by atoms with E-state index < -0.39 is 10.0 Å². The van der Waals surface area contributed by atoms with Gasteiger partial charge in [-0.1, -0.05) is 27.6 Å². The summed E-state index contributed by atoms with van der Waals surface area (Å²) in [6, 6.07) is 4.94. The lowest BCUT2D eigenvalue weighted by atomic mass is 10.0. The first-order valence-corrected chi connectivity index (χ1v) is 8.81. The van der Waals surface area contributed by atoms with Crippen molar-refractivity contribution >= 4 is 26.0 Å². The van der Waals surface area contributed by atoms with E-state index in [1.165, 1.54) is 13.5 Å². The van der Waals surface area contributed by atoms with Crippen LogP contribution in [-0.4, -0.2) is 22.1 Å². The molecule has 0 aromatic heterocycles. The van der Waals surface area contributed by atoms with Crippen LogP contribution >= 0.6 is 15.9 Å². The highest BCUT2D eigenvalue weighted by molar-refractivity contribution is 9.10. The van der Waals surface area contributed by atoms with Gasteiger partial charge in [0.2, 0.25) is 10.0 Å². The Morgan fingerprint density at radius 2 is 2.15 bits per heavy atom. The van der Waals surface area contributed by atoms with Crippen LogP contribution in [0.5, 0.6) is 5.75 Å². The zero-order valence-electron chi connectivity index (χ0n) is 11.4. The number of benzene rings is 1. The third-order valence-electron chi connectivity index (χ3n) is 3.29. The van der Waals surface area contributed by atoms with Crippen LogP contribution in [0.15, 0.2) is 39.2 Å². The Morgan fingerprint density at radius 3 is 2.80 bits per heavy atom. The average molecular weight is 360 g/mol. The standard InChI is InChI=1S/C14H18BrNO3S/c1-19-13-8-7-12(15)9-14(13)20(17,18)16-10-11-5-3-2-4-6-11/h5,7-9,16H,2-4,6,10H2,1H3. The van der Waals surface area contributed by atoms with Crippen LogP contribution in [0.4, 0.5) is 0 Å². The third-order valence-corrected chi connectivity index (χ3v) is 5.21. The van der Waals surface area contributed by atoms with Crippen molar-refractivity contribution in [2.24, 2.45) is 0 Å². The van der Waals surface area contributed by atoms with Gasteiger partial charge in [0.05, 0.1) is 7.11 Å². The molecule has 1 aliphatic carbocycles. The molecule has 0 unspecified atom stereocenters. The van der Waals surface area contributed by atoms with Gasteiger partial charge in [-0.25, -0.2) is 13.1 Å². The number of hydrogen-bond acceptors (Lipinski definition) is 3. The van der Waals surface area contributed by atoms with Crippen LogP contribution in [0, 0.1) is 0 Å². The fourth-order valence-electron chi connectivity index (χ4n) is 2.19. The van der Waals surface area contributed by atoms with Gasteiger partial charge in [-0.05, 0) is 43.9 Å². The highest BCUT2D eigenvalue weighted by Gasteiger charge is 2.20. The lowest BCUT2D eigenvalue weighted by molar-refractivity contribution is 0.402. The van der Waals surface area contributed by atoms with Crippen molar-refractivity contribution in [3.05, 3.63) is 34.3 Å². The molecule has 20 heavy (non-hydrogen) atoms. The number of ether oxygens (including phenoxy) is 1. The summed E-state index contributed by atoms with van der Waals surface area (Å²) in [5, 5.41) is 0. The van der Waals surface area contributed by atoms with E-state index in [-0.39, 0.29) is 4.90 Å². The molecule has 0 spiro atoms. The topological polar surface area (TPSA) is 55.4 Å². The van der Waals surface area contributed by atoms with Crippen molar-refractivity contribution < 1.29 is 13.2 Å². The quantitative estimate of drug-likeness (QED) is 0.821. The molecule has 0 heterocycles. The highest BCUT2D eigenvalue weighted by Crippen LogP contribution is 2.27. The van der Waals surface area contributed by atoms with E-state index >= 15 is 0 Å². The maximum atomic E-state index is 12.4. The van der Waals surface area contributed by atoms with Gasteiger partial charge in [-0.15, -0.1) is 0 Å². The predicted molar refractivity (Wildman–Crippen MR) is 82.4 cm³/mol. The zero-order chi connectivity index (χ0) is 14.6. The maximum absolute atomic E-state index is 12.4. The fourth-order valence-corrected chi connectivity index (χ4v) is 3.93. The monoisotopic (exact) mass is 359 g/mol. The fraction of sp³-hybridized carbons (Fsp3) is 0.429. The minimum Gasteiger partial charge on any atom is -0.495 e. The molecule has 1 aromatic rings. The van der Waals surface area contributed by atoms with Crippen LogP contribution in [-0.2, 0) is 10.0 Å². The Labute approximate surface area is 128 Å². The summed E-state index contributed by atoms with van der Waals surface area (Å²) in [5.74, 6) is 0.346. The highest BCUT2D eigenvalue weighted by atomic mass is 79.9. The Bertz CT molecular complexity index is 611. The summed E-state index contributed by atoms with van der Waals surface area (Å²) < 4.78 is 33.2. The van der Waals surface area contributed by atoms with E-state index in [1.54, 1.807) is 18.2 Å². The van der Waals surface area contributed by atoms with E-state index in [0.717, 1.165) is 24.8 Å². The molecular formula is C14H18BrNO3S. The molecule has 1 aromatic carbocycles. The van der Waals surface area contributed by atoms with Crippen LogP contribution < -0.4 is 9.46 Å². The summed E-state index contributed by atoms with van der Waals surface area (Å²) in [6.45, 7) is 0.373. The SMILES string of the molecule is COc1ccc(Br)cc1S(=O)(=O)NCC1=CCCCC1. The molecule has 0 fully saturated rings. The van der Waals surface area contributed by atoms with Gasteiger partial charge < -0.3 is 4.74 Å². The summed E-state index contributed by atoms with van der Waals surface area (Å²) in [6.07, 6.45) is 6.46. The summed E-state index contributed by atoms with van der Waals surface area (Å²) >= 11 is 3.29. The number of hydrogen-bond donors (Lipinski definition) is 1. The molecule has 0 bridgehead atoms. The maximum Gasteiger partial charge on any atom is 0.244 e. The van der Waals surface area contributed by atoms with E-state index in [0.29, 0.717) is 16.8 Å². The first-order valence-electron chi connectivity index (χ1n) is 6.54. The van der Waals surface area contributed by atoms with Crippen molar-refractivity contribution in [3.8, 4) is 5.75 Å². The summed E-state index contributed by atoms with van der Waals surface area (Å²) in [5.41, 5.74) is 1.16. The minimum absolute atomic E-state index is 0.158. The van der Waals surface area contributed by atoms with Gasteiger partial charge >= 0.3 is 0 Å². The van der Waals surface area contributed by atoms with Crippen LogP contribution in [0.1, 0.15) is 25.7 Å². The normalized spacial score (nSPS) is 15.8. The van der Waals surface area contributed by atoms with Crippen molar-refractivity contribution in [3.63, 3.8) is 0 Å². The molecule has 1 aliphatic rings. The molecule has 0 saturated carbocycles. The Kier molecular flexibility index (Phi) is 5.23. The Morgan fingerprint density at radius 1 is 1.35 bits per heavy atom. The average Bonchev–Trinajstić information content (AvgIpc) is 2.46. The number of allylic oxidation sites excluding steroid dienone is 1. The van der Waals surface area contributed by atoms with E-state index in [2.05, 4.69) is 26.7 Å². The van der Waals surface area contributed by atoms with Gasteiger partial charge in [-0.2, -0.15) is 0 Å². The third kappa shape index (κ3) is 3.84. The molecule has 0 amide bonds. The number of halogens is 1. The van der Waals surface area contributed by atoms with Gasteiger partial charge in [0.15, 0.2) is 0 Å². The van der Waals surface area contributed by atoms with E-state index in [1.807, 2.05) is 0 Å². The largest absolute Gasteiger partial charge is 0.495 e. The van der Waals surface area contributed by atoms with Crippen LogP contribution in [0.3, 0.4) is 0 Å². The zero-order valence-corrected chi connectivity index (χ0v) is 13.8. The molecule has 110 valence electrons. The summed E-state index contributed by atoms with van der Waals surface area (Å²) in [7, 11) is -2.11. The lowest BCUT2D eigenvalue weighted by Gasteiger charge is -2.15. The van der Waals surface area contributed by atoms with Gasteiger partial charge in [0, 0.05) is 11.0 Å². The molecule has 4 nitrogen and oxygen atoms in total. The second-order valence-corrected chi connectivity index (χ2v) is 7.38. The van der Waals surface area contributed by atoms with Crippen LogP contribution in [0.2, 0.25) is 0 Å².